The summed E-state index contributed by atoms with van der Waals surface area (Å²) in [4.78, 5) is 36.1. The number of nitrogens with zero attached hydrogens (tertiary/aromatic N) is 1. The van der Waals surface area contributed by atoms with E-state index in [9.17, 15) is 14.4 Å². The van der Waals surface area contributed by atoms with Crippen molar-refractivity contribution in [3.05, 3.63) is 24.3 Å². The zero-order valence-corrected chi connectivity index (χ0v) is 13.3. The van der Waals surface area contributed by atoms with Gasteiger partial charge in [0.05, 0.1) is 0 Å². The van der Waals surface area contributed by atoms with Gasteiger partial charge in [-0.15, -0.1) is 0 Å². The third kappa shape index (κ3) is 5.95. The van der Waals surface area contributed by atoms with Gasteiger partial charge < -0.3 is 15.5 Å². The van der Waals surface area contributed by atoms with Gasteiger partial charge in [0.15, 0.2) is 0 Å². The highest BCUT2D eigenvalue weighted by Gasteiger charge is 2.14. The molecule has 0 saturated carbocycles. The molecule has 3 amide bonds. The molecule has 1 rings (SSSR count). The number of anilines is 2. The van der Waals surface area contributed by atoms with Crippen molar-refractivity contribution in [2.75, 3.05) is 23.3 Å². The van der Waals surface area contributed by atoms with Gasteiger partial charge in [0.2, 0.25) is 17.7 Å². The second-order valence-electron chi connectivity index (χ2n) is 5.00. The molecule has 0 spiro atoms. The molecule has 0 saturated heterocycles. The zero-order valence-electron chi connectivity index (χ0n) is 13.3. The molecule has 6 nitrogen and oxygen atoms in total. The second kappa shape index (κ2) is 8.81. The topological polar surface area (TPSA) is 78.5 Å². The lowest BCUT2D eigenvalue weighted by atomic mass is 10.2. The van der Waals surface area contributed by atoms with Gasteiger partial charge in [0.25, 0.3) is 0 Å². The average molecular weight is 305 g/mol. The molecule has 0 aliphatic rings. The summed E-state index contributed by atoms with van der Waals surface area (Å²) in [5.41, 5.74) is 1.27. The molecule has 0 unspecified atom stereocenters. The van der Waals surface area contributed by atoms with Crippen LogP contribution in [-0.4, -0.2) is 30.8 Å². The molecule has 0 aromatic heterocycles. The molecule has 1 aromatic rings. The van der Waals surface area contributed by atoms with Gasteiger partial charge in [-0.3, -0.25) is 14.4 Å². The van der Waals surface area contributed by atoms with Crippen LogP contribution in [0.4, 0.5) is 11.4 Å². The lowest BCUT2D eigenvalue weighted by Gasteiger charge is -2.21. The van der Waals surface area contributed by atoms with E-state index in [1.807, 2.05) is 6.92 Å². The van der Waals surface area contributed by atoms with E-state index in [2.05, 4.69) is 10.6 Å². The number of nitrogens with one attached hydrogen (secondary N) is 2. The Bertz CT molecular complexity index is 543. The summed E-state index contributed by atoms with van der Waals surface area (Å²) < 4.78 is 0. The first-order chi connectivity index (χ1) is 10.4. The van der Waals surface area contributed by atoms with Crippen LogP contribution in [0.2, 0.25) is 0 Å². The highest BCUT2D eigenvalue weighted by atomic mass is 16.2. The Balaban J connectivity index is 2.76. The molecule has 0 fully saturated rings. The fourth-order valence-corrected chi connectivity index (χ4v) is 1.99. The maximum absolute atomic E-state index is 11.8. The molecule has 0 heterocycles. The van der Waals surface area contributed by atoms with Crippen molar-refractivity contribution in [1.29, 1.82) is 0 Å². The van der Waals surface area contributed by atoms with Crippen molar-refractivity contribution in [2.24, 2.45) is 0 Å². The fraction of sp³-hybridized carbons (Fsp3) is 0.438. The third-order valence-corrected chi connectivity index (χ3v) is 2.99. The van der Waals surface area contributed by atoms with E-state index in [-0.39, 0.29) is 24.1 Å². The van der Waals surface area contributed by atoms with Crippen molar-refractivity contribution in [3.63, 3.8) is 0 Å². The molecule has 1 aromatic carbocycles. The second-order valence-corrected chi connectivity index (χ2v) is 5.00. The SMILES string of the molecule is CCCNC(=O)CCN(C(C)=O)c1cccc(NC(C)=O)c1. The first kappa shape index (κ1) is 17.7. The first-order valence-corrected chi connectivity index (χ1v) is 7.36. The van der Waals surface area contributed by atoms with E-state index in [4.69, 9.17) is 0 Å². The van der Waals surface area contributed by atoms with E-state index in [0.717, 1.165) is 6.42 Å². The summed E-state index contributed by atoms with van der Waals surface area (Å²) >= 11 is 0. The Kier molecular flexibility index (Phi) is 7.08. The lowest BCUT2D eigenvalue weighted by molar-refractivity contribution is -0.121. The number of carbonyl (C=O) groups excluding carboxylic acids is 3. The highest BCUT2D eigenvalue weighted by molar-refractivity contribution is 5.94. The van der Waals surface area contributed by atoms with E-state index >= 15 is 0 Å². The number of carbonyl (C=O) groups is 3. The molecule has 2 N–H and O–H groups in total. The fourth-order valence-electron chi connectivity index (χ4n) is 1.99. The van der Waals surface area contributed by atoms with E-state index in [1.165, 1.54) is 18.7 Å². The van der Waals surface area contributed by atoms with Crippen LogP contribution in [0.25, 0.3) is 0 Å². The van der Waals surface area contributed by atoms with Crippen LogP contribution in [0.15, 0.2) is 24.3 Å². The van der Waals surface area contributed by atoms with Gasteiger partial charge in [-0.25, -0.2) is 0 Å². The van der Waals surface area contributed by atoms with Crippen molar-refractivity contribution in [3.8, 4) is 0 Å². The number of amides is 3. The zero-order chi connectivity index (χ0) is 16.5. The van der Waals surface area contributed by atoms with Crippen LogP contribution in [0.1, 0.15) is 33.6 Å². The third-order valence-electron chi connectivity index (χ3n) is 2.99. The van der Waals surface area contributed by atoms with Crippen molar-refractivity contribution in [2.45, 2.75) is 33.6 Å². The maximum atomic E-state index is 11.8. The number of rotatable bonds is 7. The van der Waals surface area contributed by atoms with E-state index < -0.39 is 0 Å². The van der Waals surface area contributed by atoms with Gasteiger partial charge in [0.1, 0.15) is 0 Å². The Labute approximate surface area is 130 Å². The minimum absolute atomic E-state index is 0.0777. The molecular formula is C16H23N3O3. The lowest BCUT2D eigenvalue weighted by Crippen LogP contribution is -2.34. The minimum Gasteiger partial charge on any atom is -0.356 e. The standard InChI is InChI=1S/C16H23N3O3/c1-4-9-17-16(22)8-10-19(13(3)21)15-7-5-6-14(11-15)18-12(2)20/h5-7,11H,4,8-10H2,1-3H3,(H,17,22)(H,18,20). The van der Waals surface area contributed by atoms with Crippen molar-refractivity contribution in [1.82, 2.24) is 5.32 Å². The van der Waals surface area contributed by atoms with Gasteiger partial charge in [0, 0.05) is 44.7 Å². The summed E-state index contributed by atoms with van der Waals surface area (Å²) in [7, 11) is 0. The van der Waals surface area contributed by atoms with Gasteiger partial charge in [-0.1, -0.05) is 13.0 Å². The molecule has 120 valence electrons. The molecule has 0 atom stereocenters. The summed E-state index contributed by atoms with van der Waals surface area (Å²) in [5.74, 6) is -0.403. The minimum atomic E-state index is -0.175. The predicted molar refractivity (Wildman–Crippen MR) is 86.7 cm³/mol. The molecule has 0 radical (unpaired) electrons. The van der Waals surface area contributed by atoms with Gasteiger partial charge in [-0.05, 0) is 24.6 Å². The summed E-state index contributed by atoms with van der Waals surface area (Å²) in [5, 5.41) is 5.46. The van der Waals surface area contributed by atoms with Gasteiger partial charge in [-0.2, -0.15) is 0 Å². The van der Waals surface area contributed by atoms with Crippen LogP contribution >= 0.6 is 0 Å². The molecule has 22 heavy (non-hydrogen) atoms. The maximum Gasteiger partial charge on any atom is 0.223 e. The van der Waals surface area contributed by atoms with E-state index in [1.54, 1.807) is 24.3 Å². The Morgan fingerprint density at radius 1 is 1.18 bits per heavy atom. The number of hydrogen-bond acceptors (Lipinski definition) is 3. The molecule has 0 bridgehead atoms. The molecular weight excluding hydrogens is 282 g/mol. The Morgan fingerprint density at radius 3 is 2.50 bits per heavy atom. The first-order valence-electron chi connectivity index (χ1n) is 7.36. The van der Waals surface area contributed by atoms with Crippen LogP contribution in [0, 0.1) is 0 Å². The van der Waals surface area contributed by atoms with Crippen LogP contribution < -0.4 is 15.5 Å². The Morgan fingerprint density at radius 2 is 1.91 bits per heavy atom. The van der Waals surface area contributed by atoms with Crippen molar-refractivity contribution >= 4 is 29.1 Å². The quantitative estimate of drug-likeness (QED) is 0.807. The smallest absolute Gasteiger partial charge is 0.223 e. The van der Waals surface area contributed by atoms with Crippen LogP contribution in [0.5, 0.6) is 0 Å². The summed E-state index contributed by atoms with van der Waals surface area (Å²) in [6, 6.07) is 6.99. The molecule has 0 aliphatic heterocycles. The monoisotopic (exact) mass is 305 g/mol. The number of hydrogen-bond donors (Lipinski definition) is 2. The Hall–Kier alpha value is -2.37. The molecule has 6 heteroatoms. The largest absolute Gasteiger partial charge is 0.356 e. The highest BCUT2D eigenvalue weighted by Crippen LogP contribution is 2.20. The summed E-state index contributed by atoms with van der Waals surface area (Å²) in [6.45, 7) is 5.80. The normalized spacial score (nSPS) is 9.95. The van der Waals surface area contributed by atoms with Crippen LogP contribution in [0.3, 0.4) is 0 Å². The van der Waals surface area contributed by atoms with Crippen molar-refractivity contribution < 1.29 is 14.4 Å². The van der Waals surface area contributed by atoms with Gasteiger partial charge >= 0.3 is 0 Å². The van der Waals surface area contributed by atoms with Crippen LogP contribution in [-0.2, 0) is 14.4 Å². The van der Waals surface area contributed by atoms with E-state index in [0.29, 0.717) is 24.5 Å². The number of benzene rings is 1. The predicted octanol–water partition coefficient (Wildman–Crippen LogP) is 1.91. The summed E-state index contributed by atoms with van der Waals surface area (Å²) in [6.07, 6.45) is 1.12. The molecule has 0 aliphatic carbocycles. The average Bonchev–Trinajstić information content (AvgIpc) is 2.44.